The third-order valence-electron chi connectivity index (χ3n) is 7.68. The molecule has 0 unspecified atom stereocenters. The zero-order valence-corrected chi connectivity index (χ0v) is 31.7. The van der Waals surface area contributed by atoms with Gasteiger partial charge in [-0.05, 0) is 79.9 Å². The molecule has 56 heavy (non-hydrogen) atoms. The molecule has 0 heterocycles. The lowest BCUT2D eigenvalue weighted by Crippen LogP contribution is -2.19. The number of nitrogens with zero attached hydrogens (tertiary/aromatic N) is 6. The van der Waals surface area contributed by atoms with E-state index in [1.165, 1.54) is 45.4 Å². The lowest BCUT2D eigenvalue weighted by Gasteiger charge is -2.12. The molecule has 0 spiro atoms. The van der Waals surface area contributed by atoms with Crippen molar-refractivity contribution in [1.82, 2.24) is 0 Å². The average molecular weight is 815 g/mol. The van der Waals surface area contributed by atoms with Crippen molar-refractivity contribution in [2.75, 3.05) is 31.9 Å². The molecule has 23 heteroatoms. The van der Waals surface area contributed by atoms with Gasteiger partial charge in [-0.3, -0.25) is 4.55 Å². The highest BCUT2D eigenvalue weighted by molar-refractivity contribution is 7.91. The van der Waals surface area contributed by atoms with Crippen LogP contribution in [0.5, 0.6) is 23.0 Å². The Kier molecular flexibility index (Phi) is 13.0. The van der Waals surface area contributed by atoms with Gasteiger partial charge in [-0.25, -0.2) is 22.2 Å². The number of azo groups is 3. The molecule has 296 valence electrons. The SMILES string of the molecule is COc1cc(S(=O)(=O)CCOS(=O)(=O)O)c(C)cc1N=Nc1ccc(N=Nc2c(O)cc(C(=O)O)c(N=Nc3cc(C)c(C)cc3OC)c2O)cc1NC(N)=O. The Hall–Kier alpha value is -6.56. The number of primary amides is 1. The number of anilines is 1. The first-order valence-corrected chi connectivity index (χ1v) is 18.7. The van der Waals surface area contributed by atoms with Crippen LogP contribution in [0, 0.1) is 20.8 Å². The Morgan fingerprint density at radius 1 is 0.750 bits per heavy atom. The zero-order chi connectivity index (χ0) is 41.5. The summed E-state index contributed by atoms with van der Waals surface area (Å²) in [6.45, 7) is 4.27. The number of carbonyl (C=O) groups excluding carboxylic acids is 1. The number of aromatic carboxylic acids is 1. The standard InChI is InChI=1S/C33H34N8O13S2/c1-16-10-23(26(52-4)12-17(16)2)39-40-29-20(32(44)45)14-25(42)30(31(29)43)41-36-19-6-7-21(22(13-19)35-33(34)46)37-38-24-11-18(3)28(15-27(24)53-5)55(47,48)9-8-54-56(49,50)51/h6-7,10-15,42-43H,8-9H2,1-5H3,(H,44,45)(H3,34,35,46)(H,49,50,51). The van der Waals surface area contributed by atoms with E-state index in [-0.39, 0.29) is 44.6 Å². The molecular formula is C33H34N8O13S2. The summed E-state index contributed by atoms with van der Waals surface area (Å²) in [5.41, 5.74) is 5.82. The maximum atomic E-state index is 12.8. The Morgan fingerprint density at radius 3 is 1.93 bits per heavy atom. The lowest BCUT2D eigenvalue weighted by atomic mass is 10.1. The number of aromatic hydroxyl groups is 2. The van der Waals surface area contributed by atoms with Gasteiger partial charge in [-0.1, -0.05) is 0 Å². The summed E-state index contributed by atoms with van der Waals surface area (Å²) in [5, 5.41) is 57.8. The average Bonchev–Trinajstić information content (AvgIpc) is 3.10. The van der Waals surface area contributed by atoms with Crippen LogP contribution in [0.4, 0.5) is 44.6 Å². The van der Waals surface area contributed by atoms with Crippen molar-refractivity contribution in [2.24, 2.45) is 36.4 Å². The summed E-state index contributed by atoms with van der Waals surface area (Å²) in [5.74, 6) is -3.67. The van der Waals surface area contributed by atoms with Crippen molar-refractivity contribution in [2.45, 2.75) is 25.7 Å². The van der Waals surface area contributed by atoms with Crippen LogP contribution < -0.4 is 20.5 Å². The van der Waals surface area contributed by atoms with Gasteiger partial charge in [0.25, 0.3) is 0 Å². The van der Waals surface area contributed by atoms with Gasteiger partial charge in [0.1, 0.15) is 40.0 Å². The molecule has 0 bridgehead atoms. The molecule has 4 rings (SSSR count). The van der Waals surface area contributed by atoms with Crippen LogP contribution in [0.1, 0.15) is 27.0 Å². The van der Waals surface area contributed by atoms with Crippen LogP contribution in [0.25, 0.3) is 0 Å². The molecule has 0 aliphatic carbocycles. The summed E-state index contributed by atoms with van der Waals surface area (Å²) in [7, 11) is -6.33. The minimum atomic E-state index is -4.86. The van der Waals surface area contributed by atoms with Crippen LogP contribution in [0.15, 0.2) is 84.1 Å². The number of hydrogen-bond acceptors (Lipinski definition) is 17. The fraction of sp³-hybridized carbons (Fsp3) is 0.212. The number of urea groups is 1. The Labute approximate surface area is 319 Å². The van der Waals surface area contributed by atoms with Gasteiger partial charge in [0.15, 0.2) is 21.3 Å². The fourth-order valence-electron chi connectivity index (χ4n) is 4.83. The number of methoxy groups -OCH3 is 2. The quantitative estimate of drug-likeness (QED) is 0.0517. The van der Waals surface area contributed by atoms with Crippen molar-refractivity contribution < 1.29 is 60.0 Å². The Bertz CT molecular complexity index is 2520. The molecule has 21 nitrogen and oxygen atoms in total. The number of hydrogen-bond donors (Lipinski definition) is 6. The number of ether oxygens (including phenoxy) is 2. The molecule has 0 aliphatic rings. The predicted octanol–water partition coefficient (Wildman–Crippen LogP) is 7.07. The lowest BCUT2D eigenvalue weighted by molar-refractivity contribution is 0.0696. The number of benzene rings is 4. The van der Waals surface area contributed by atoms with Gasteiger partial charge in [-0.2, -0.15) is 13.5 Å². The van der Waals surface area contributed by atoms with Crippen LogP contribution in [0.2, 0.25) is 0 Å². The van der Waals surface area contributed by atoms with Crippen LogP contribution in [-0.2, 0) is 24.4 Å². The number of carboxylic acid groups (broad SMARTS) is 1. The summed E-state index contributed by atoms with van der Waals surface area (Å²) in [6, 6.07) is 9.55. The molecule has 0 fully saturated rings. The van der Waals surface area contributed by atoms with E-state index >= 15 is 0 Å². The highest BCUT2D eigenvalue weighted by atomic mass is 32.3. The molecule has 4 aromatic carbocycles. The van der Waals surface area contributed by atoms with Gasteiger partial charge in [0, 0.05) is 6.07 Å². The summed E-state index contributed by atoms with van der Waals surface area (Å²) >= 11 is 0. The first kappa shape index (κ1) is 42.2. The Balaban J connectivity index is 1.69. The maximum absolute atomic E-state index is 12.8. The van der Waals surface area contributed by atoms with Gasteiger partial charge >= 0.3 is 22.4 Å². The van der Waals surface area contributed by atoms with Gasteiger partial charge in [0.05, 0.1) is 48.4 Å². The smallest absolute Gasteiger partial charge is 0.397 e. The first-order chi connectivity index (χ1) is 26.2. The second-order valence-electron chi connectivity index (χ2n) is 11.6. The maximum Gasteiger partial charge on any atom is 0.397 e. The van der Waals surface area contributed by atoms with E-state index in [9.17, 15) is 41.7 Å². The third-order valence-corrected chi connectivity index (χ3v) is 9.95. The van der Waals surface area contributed by atoms with E-state index in [0.717, 1.165) is 23.3 Å². The van der Waals surface area contributed by atoms with Crippen molar-refractivity contribution in [3.05, 3.63) is 70.8 Å². The van der Waals surface area contributed by atoms with Crippen molar-refractivity contribution in [3.8, 4) is 23.0 Å². The number of phenolic OH excluding ortho intramolecular Hbond substituents is 2. The van der Waals surface area contributed by atoms with E-state index in [0.29, 0.717) is 5.75 Å². The number of rotatable bonds is 15. The largest absolute Gasteiger partial charge is 0.505 e. The monoisotopic (exact) mass is 814 g/mol. The van der Waals surface area contributed by atoms with Crippen molar-refractivity contribution >= 4 is 72.0 Å². The molecule has 0 radical (unpaired) electrons. The highest BCUT2D eigenvalue weighted by Crippen LogP contribution is 2.47. The second kappa shape index (κ2) is 17.3. The van der Waals surface area contributed by atoms with Gasteiger partial charge in [-0.15, -0.1) is 25.6 Å². The minimum absolute atomic E-state index is 0.0119. The van der Waals surface area contributed by atoms with E-state index in [1.807, 2.05) is 13.8 Å². The Morgan fingerprint density at radius 2 is 1.32 bits per heavy atom. The number of carbonyl (C=O) groups is 2. The van der Waals surface area contributed by atoms with Crippen LogP contribution in [-0.4, -0.2) is 75.3 Å². The molecule has 0 saturated heterocycles. The molecule has 0 aliphatic heterocycles. The van der Waals surface area contributed by atoms with E-state index in [4.69, 9.17) is 19.8 Å². The van der Waals surface area contributed by atoms with E-state index in [2.05, 4.69) is 40.2 Å². The van der Waals surface area contributed by atoms with Gasteiger partial charge < -0.3 is 35.8 Å². The molecule has 0 aromatic heterocycles. The minimum Gasteiger partial charge on any atom is -0.505 e. The number of amides is 2. The molecular weight excluding hydrogens is 781 g/mol. The third kappa shape index (κ3) is 10.3. The highest BCUT2D eigenvalue weighted by Gasteiger charge is 2.24. The van der Waals surface area contributed by atoms with E-state index < -0.39 is 73.0 Å². The first-order valence-electron chi connectivity index (χ1n) is 15.7. The van der Waals surface area contributed by atoms with Gasteiger partial charge in [0.2, 0.25) is 0 Å². The second-order valence-corrected chi connectivity index (χ2v) is 14.7. The van der Waals surface area contributed by atoms with E-state index in [1.54, 1.807) is 12.1 Å². The molecule has 0 atom stereocenters. The summed E-state index contributed by atoms with van der Waals surface area (Å²) in [4.78, 5) is 23.6. The van der Waals surface area contributed by atoms with Crippen molar-refractivity contribution in [1.29, 1.82) is 0 Å². The molecule has 0 saturated carbocycles. The number of nitrogens with two attached hydrogens (primary N) is 1. The number of aryl methyl sites for hydroxylation is 3. The number of nitrogens with one attached hydrogen (secondary N) is 1. The number of sulfone groups is 1. The predicted molar refractivity (Wildman–Crippen MR) is 199 cm³/mol. The number of carboxylic acids is 1. The van der Waals surface area contributed by atoms with Crippen LogP contribution >= 0.6 is 0 Å². The summed E-state index contributed by atoms with van der Waals surface area (Å²) in [6.07, 6.45) is 0. The normalized spacial score (nSPS) is 12.1. The van der Waals surface area contributed by atoms with Crippen LogP contribution in [0.3, 0.4) is 0 Å². The molecule has 4 aromatic rings. The molecule has 7 N–H and O–H groups in total. The number of phenols is 2. The fourth-order valence-corrected chi connectivity index (χ4v) is 6.59. The molecule has 2 amide bonds. The summed E-state index contributed by atoms with van der Waals surface area (Å²) < 4.78 is 70.8. The topological polar surface area (TPSA) is 323 Å². The zero-order valence-electron chi connectivity index (χ0n) is 30.1. The van der Waals surface area contributed by atoms with Crippen molar-refractivity contribution in [3.63, 3.8) is 0 Å².